The number of rotatable bonds is 3. The Kier molecular flexibility index (Phi) is 3.88. The van der Waals surface area contributed by atoms with Crippen LogP contribution in [0.5, 0.6) is 0 Å². The third kappa shape index (κ3) is 2.84. The number of amides is 2. The van der Waals surface area contributed by atoms with Crippen LogP contribution < -0.4 is 10.6 Å². The molecule has 2 aromatic rings. The Bertz CT molecular complexity index is 538. The van der Waals surface area contributed by atoms with Gasteiger partial charge in [0, 0.05) is 18.9 Å². The number of anilines is 1. The summed E-state index contributed by atoms with van der Waals surface area (Å²) in [5.74, 6) is 0. The van der Waals surface area contributed by atoms with Crippen molar-refractivity contribution in [2.45, 2.75) is 13.8 Å². The van der Waals surface area contributed by atoms with Gasteiger partial charge in [0.1, 0.15) is 0 Å². The van der Waals surface area contributed by atoms with Crippen LogP contribution in [0, 0.1) is 6.92 Å². The molecule has 0 saturated carbocycles. The molecule has 0 aromatic carbocycles. The van der Waals surface area contributed by atoms with Crippen LogP contribution in [0.1, 0.15) is 12.6 Å². The smallest absolute Gasteiger partial charge is 0.321 e. The largest absolute Gasteiger partial charge is 0.338 e. The molecule has 0 bridgehead atoms. The van der Waals surface area contributed by atoms with E-state index >= 15 is 0 Å². The lowest BCUT2D eigenvalue weighted by Gasteiger charge is -2.00. The first kappa shape index (κ1) is 12.5. The van der Waals surface area contributed by atoms with Gasteiger partial charge in [-0.3, -0.25) is 10.3 Å². The Morgan fingerprint density at radius 2 is 2.11 bits per heavy atom. The number of nitrogens with one attached hydrogen (secondary N) is 2. The quantitative estimate of drug-likeness (QED) is 0.893. The fraction of sp³-hybridized carbons (Fsp3) is 0.250. The number of aryl methyl sites for hydroxylation is 1. The summed E-state index contributed by atoms with van der Waals surface area (Å²) < 4.78 is 0. The van der Waals surface area contributed by atoms with Gasteiger partial charge in [0.15, 0.2) is 5.13 Å². The number of carbonyl (C=O) groups excluding carboxylic acids is 1. The van der Waals surface area contributed by atoms with Gasteiger partial charge >= 0.3 is 6.03 Å². The molecule has 0 aliphatic carbocycles. The van der Waals surface area contributed by atoms with E-state index in [1.165, 1.54) is 11.3 Å². The number of carbonyl (C=O) groups is 1. The lowest BCUT2D eigenvalue weighted by Crippen LogP contribution is -2.28. The lowest BCUT2D eigenvalue weighted by atomic mass is 10.2. The van der Waals surface area contributed by atoms with Crippen molar-refractivity contribution in [1.82, 2.24) is 15.3 Å². The Hall–Kier alpha value is -1.95. The van der Waals surface area contributed by atoms with Gasteiger partial charge in [-0.05, 0) is 31.5 Å². The number of hydrogen-bond acceptors (Lipinski definition) is 4. The summed E-state index contributed by atoms with van der Waals surface area (Å²) in [5, 5.41) is 5.99. The second kappa shape index (κ2) is 5.59. The Morgan fingerprint density at radius 3 is 2.78 bits per heavy atom. The van der Waals surface area contributed by atoms with E-state index in [0.29, 0.717) is 11.7 Å². The molecule has 0 aliphatic heterocycles. The average molecular weight is 262 g/mol. The minimum atomic E-state index is -0.229. The third-order valence-electron chi connectivity index (χ3n) is 2.30. The molecule has 2 heterocycles. The van der Waals surface area contributed by atoms with Crippen molar-refractivity contribution in [3.8, 4) is 10.4 Å². The van der Waals surface area contributed by atoms with Crippen molar-refractivity contribution < 1.29 is 4.79 Å². The van der Waals surface area contributed by atoms with Crippen molar-refractivity contribution in [2.24, 2.45) is 0 Å². The zero-order valence-corrected chi connectivity index (χ0v) is 11.0. The molecule has 0 aliphatic rings. The first-order valence-electron chi connectivity index (χ1n) is 5.63. The molecule has 0 unspecified atom stereocenters. The van der Waals surface area contributed by atoms with Gasteiger partial charge in [0.05, 0.1) is 10.6 Å². The van der Waals surface area contributed by atoms with Crippen LogP contribution in [0.4, 0.5) is 9.93 Å². The van der Waals surface area contributed by atoms with Gasteiger partial charge in [0.2, 0.25) is 0 Å². The highest BCUT2D eigenvalue weighted by Crippen LogP contribution is 2.32. The molecule has 5 nitrogen and oxygen atoms in total. The Balaban J connectivity index is 2.20. The summed E-state index contributed by atoms with van der Waals surface area (Å²) in [4.78, 5) is 20.8. The molecule has 2 aromatic heterocycles. The highest BCUT2D eigenvalue weighted by molar-refractivity contribution is 7.19. The number of aromatic nitrogens is 2. The van der Waals surface area contributed by atoms with Crippen molar-refractivity contribution in [3.63, 3.8) is 0 Å². The number of nitrogens with zero attached hydrogens (tertiary/aromatic N) is 2. The molecule has 0 spiro atoms. The van der Waals surface area contributed by atoms with E-state index in [2.05, 4.69) is 20.6 Å². The predicted octanol–water partition coefficient (Wildman–Crippen LogP) is 2.65. The van der Waals surface area contributed by atoms with E-state index in [9.17, 15) is 4.79 Å². The zero-order valence-electron chi connectivity index (χ0n) is 10.2. The first-order chi connectivity index (χ1) is 8.70. The number of hydrogen-bond donors (Lipinski definition) is 2. The van der Waals surface area contributed by atoms with Crippen LogP contribution in [-0.2, 0) is 0 Å². The molecule has 2 rings (SSSR count). The summed E-state index contributed by atoms with van der Waals surface area (Å²) in [6, 6.07) is 3.62. The molecule has 6 heteroatoms. The number of pyridine rings is 1. The fourth-order valence-corrected chi connectivity index (χ4v) is 2.49. The van der Waals surface area contributed by atoms with Gasteiger partial charge in [-0.1, -0.05) is 11.3 Å². The monoisotopic (exact) mass is 262 g/mol. The normalized spacial score (nSPS) is 10.1. The Morgan fingerprint density at radius 1 is 1.39 bits per heavy atom. The standard InChI is InChI=1S/C12H14N4OS/c1-3-14-11(17)16-12-15-8(2)10(18-12)9-4-6-13-7-5-9/h4-7H,3H2,1-2H3,(H2,14,15,16,17). The topological polar surface area (TPSA) is 66.9 Å². The van der Waals surface area contributed by atoms with Crippen molar-refractivity contribution in [2.75, 3.05) is 11.9 Å². The van der Waals surface area contributed by atoms with Gasteiger partial charge in [0.25, 0.3) is 0 Å². The highest BCUT2D eigenvalue weighted by atomic mass is 32.1. The molecule has 18 heavy (non-hydrogen) atoms. The highest BCUT2D eigenvalue weighted by Gasteiger charge is 2.11. The van der Waals surface area contributed by atoms with Crippen molar-refractivity contribution in [1.29, 1.82) is 0 Å². The zero-order chi connectivity index (χ0) is 13.0. The molecule has 0 atom stereocenters. The minimum absolute atomic E-state index is 0.229. The second-order valence-electron chi connectivity index (χ2n) is 3.65. The Labute approximate surface area is 109 Å². The second-order valence-corrected chi connectivity index (χ2v) is 4.65. The van der Waals surface area contributed by atoms with Gasteiger partial charge in [-0.25, -0.2) is 9.78 Å². The van der Waals surface area contributed by atoms with Gasteiger partial charge < -0.3 is 5.32 Å². The van der Waals surface area contributed by atoms with Crippen LogP contribution >= 0.6 is 11.3 Å². The van der Waals surface area contributed by atoms with Crippen LogP contribution in [0.25, 0.3) is 10.4 Å². The van der Waals surface area contributed by atoms with Gasteiger partial charge in [-0.2, -0.15) is 0 Å². The molecular weight excluding hydrogens is 248 g/mol. The van der Waals surface area contributed by atoms with Crippen LogP contribution in [0.15, 0.2) is 24.5 Å². The van der Waals surface area contributed by atoms with E-state index in [-0.39, 0.29) is 6.03 Å². The SMILES string of the molecule is CCNC(=O)Nc1nc(C)c(-c2ccncc2)s1. The van der Waals surface area contributed by atoms with E-state index in [1.807, 2.05) is 26.0 Å². The summed E-state index contributed by atoms with van der Waals surface area (Å²) in [7, 11) is 0. The molecule has 0 saturated heterocycles. The number of urea groups is 1. The maximum Gasteiger partial charge on any atom is 0.321 e. The predicted molar refractivity (Wildman–Crippen MR) is 72.8 cm³/mol. The van der Waals surface area contributed by atoms with Crippen LogP contribution in [-0.4, -0.2) is 22.5 Å². The maximum absolute atomic E-state index is 11.4. The van der Waals surface area contributed by atoms with E-state index in [1.54, 1.807) is 12.4 Å². The van der Waals surface area contributed by atoms with E-state index < -0.39 is 0 Å². The summed E-state index contributed by atoms with van der Waals surface area (Å²) >= 11 is 1.46. The fourth-order valence-electron chi connectivity index (χ4n) is 1.52. The van der Waals surface area contributed by atoms with E-state index in [4.69, 9.17) is 0 Å². The lowest BCUT2D eigenvalue weighted by molar-refractivity contribution is 0.252. The van der Waals surface area contributed by atoms with Gasteiger partial charge in [-0.15, -0.1) is 0 Å². The molecule has 0 radical (unpaired) electrons. The summed E-state index contributed by atoms with van der Waals surface area (Å²) in [6.07, 6.45) is 3.48. The number of thiazole rings is 1. The van der Waals surface area contributed by atoms with Crippen molar-refractivity contribution in [3.05, 3.63) is 30.2 Å². The molecule has 94 valence electrons. The summed E-state index contributed by atoms with van der Waals surface area (Å²) in [6.45, 7) is 4.39. The third-order valence-corrected chi connectivity index (χ3v) is 3.42. The molecule has 2 amide bonds. The maximum atomic E-state index is 11.4. The summed E-state index contributed by atoms with van der Waals surface area (Å²) in [5.41, 5.74) is 1.96. The van der Waals surface area contributed by atoms with Crippen molar-refractivity contribution >= 4 is 22.5 Å². The van der Waals surface area contributed by atoms with Crippen LogP contribution in [0.3, 0.4) is 0 Å². The van der Waals surface area contributed by atoms with E-state index in [0.717, 1.165) is 16.1 Å². The minimum Gasteiger partial charge on any atom is -0.338 e. The first-order valence-corrected chi connectivity index (χ1v) is 6.45. The van der Waals surface area contributed by atoms with Crippen LogP contribution in [0.2, 0.25) is 0 Å². The molecule has 2 N–H and O–H groups in total. The molecular formula is C12H14N4OS. The average Bonchev–Trinajstić information content (AvgIpc) is 2.71. The molecule has 0 fully saturated rings.